The Balaban J connectivity index is 1.61. The van der Waals surface area contributed by atoms with Crippen LogP contribution in [-0.4, -0.2) is 16.9 Å². The summed E-state index contributed by atoms with van der Waals surface area (Å²) in [7, 11) is 0. The Hall–Kier alpha value is -1.58. The molecule has 4 unspecified atom stereocenters. The third-order valence-corrected chi connectivity index (χ3v) is 4.81. The second-order valence-corrected chi connectivity index (χ2v) is 6.08. The van der Waals surface area contributed by atoms with Crippen molar-refractivity contribution in [3.8, 4) is 0 Å². The van der Waals surface area contributed by atoms with Crippen molar-refractivity contribution in [2.75, 3.05) is 5.73 Å². The van der Waals surface area contributed by atoms with E-state index in [0.29, 0.717) is 17.3 Å². The van der Waals surface area contributed by atoms with Gasteiger partial charge < -0.3 is 11.1 Å². The van der Waals surface area contributed by atoms with Crippen LogP contribution in [0.1, 0.15) is 43.1 Å². The number of fused-ring (bicyclic) bond motifs is 2. The van der Waals surface area contributed by atoms with Crippen LogP contribution in [0, 0.1) is 17.8 Å². The molecular weight excluding hydrogens is 238 g/mol. The number of carbonyl (C=O) groups excluding carboxylic acids is 1. The molecule has 0 aliphatic heterocycles. The highest BCUT2D eigenvalue weighted by Crippen LogP contribution is 2.49. The number of nitrogens with zero attached hydrogens (tertiary/aromatic N) is 1. The van der Waals surface area contributed by atoms with Gasteiger partial charge in [0.2, 0.25) is 0 Å². The number of rotatable bonds is 3. The quantitative estimate of drug-likeness (QED) is 0.874. The summed E-state index contributed by atoms with van der Waals surface area (Å²) in [6.07, 6.45) is 6.90. The molecule has 0 radical (unpaired) electrons. The first-order valence-electron chi connectivity index (χ1n) is 7.16. The van der Waals surface area contributed by atoms with Crippen molar-refractivity contribution in [1.29, 1.82) is 0 Å². The number of aromatic nitrogens is 1. The Bertz CT molecular complexity index is 471. The number of amides is 1. The number of hydrogen-bond acceptors (Lipinski definition) is 3. The maximum absolute atomic E-state index is 12.1. The summed E-state index contributed by atoms with van der Waals surface area (Å²) in [5, 5.41) is 3.10. The highest BCUT2D eigenvalue weighted by atomic mass is 16.1. The lowest BCUT2D eigenvalue weighted by Gasteiger charge is -2.28. The normalized spacial score (nSPS) is 30.3. The van der Waals surface area contributed by atoms with E-state index >= 15 is 0 Å². The van der Waals surface area contributed by atoms with Crippen LogP contribution < -0.4 is 11.1 Å². The molecule has 19 heavy (non-hydrogen) atoms. The third-order valence-electron chi connectivity index (χ3n) is 4.81. The Labute approximate surface area is 113 Å². The summed E-state index contributed by atoms with van der Waals surface area (Å²) >= 11 is 0. The summed E-state index contributed by atoms with van der Waals surface area (Å²) in [5.74, 6) is 2.29. The van der Waals surface area contributed by atoms with Gasteiger partial charge in [-0.2, -0.15) is 0 Å². The minimum atomic E-state index is -0.0877. The minimum Gasteiger partial charge on any atom is -0.397 e. The largest absolute Gasteiger partial charge is 0.397 e. The summed E-state index contributed by atoms with van der Waals surface area (Å²) in [6.45, 7) is 2.13. The number of carbonyl (C=O) groups is 1. The van der Waals surface area contributed by atoms with Crippen LogP contribution in [0.3, 0.4) is 0 Å². The van der Waals surface area contributed by atoms with Gasteiger partial charge in [-0.05, 0) is 56.1 Å². The number of nitrogens with two attached hydrogens (primary N) is 1. The standard InChI is InChI=1S/C15H21N3O/c1-9(13-7-10-2-3-11(13)6-10)18-15(19)14-5-4-12(16)8-17-14/h4-5,8-11,13H,2-3,6-7,16H2,1H3,(H,18,19). The van der Waals surface area contributed by atoms with Gasteiger partial charge in [0.15, 0.2) is 0 Å². The average molecular weight is 259 g/mol. The van der Waals surface area contributed by atoms with Crippen LogP contribution >= 0.6 is 0 Å². The lowest BCUT2D eigenvalue weighted by atomic mass is 9.84. The second-order valence-electron chi connectivity index (χ2n) is 6.08. The average Bonchev–Trinajstić information content (AvgIpc) is 3.01. The van der Waals surface area contributed by atoms with E-state index in [4.69, 9.17) is 5.73 Å². The van der Waals surface area contributed by atoms with Crippen LogP contribution in [0.5, 0.6) is 0 Å². The van der Waals surface area contributed by atoms with E-state index in [1.165, 1.54) is 31.9 Å². The predicted molar refractivity (Wildman–Crippen MR) is 74.5 cm³/mol. The van der Waals surface area contributed by atoms with E-state index in [2.05, 4.69) is 17.2 Å². The lowest BCUT2D eigenvalue weighted by Crippen LogP contribution is -2.40. The maximum atomic E-state index is 12.1. The number of nitrogen functional groups attached to an aromatic ring is 1. The number of nitrogens with one attached hydrogen (secondary N) is 1. The first kappa shape index (κ1) is 12.5. The Kier molecular flexibility index (Phi) is 3.17. The molecular formula is C15H21N3O. The molecule has 1 aromatic heterocycles. The Morgan fingerprint density at radius 3 is 2.84 bits per heavy atom. The summed E-state index contributed by atoms with van der Waals surface area (Å²) in [6, 6.07) is 3.63. The van der Waals surface area contributed by atoms with Crippen molar-refractivity contribution in [1.82, 2.24) is 10.3 Å². The van der Waals surface area contributed by atoms with Gasteiger partial charge >= 0.3 is 0 Å². The van der Waals surface area contributed by atoms with Crippen molar-refractivity contribution >= 4 is 11.6 Å². The van der Waals surface area contributed by atoms with Crippen LogP contribution in [0.4, 0.5) is 5.69 Å². The molecule has 3 N–H and O–H groups in total. The fourth-order valence-electron chi connectivity index (χ4n) is 3.83. The molecule has 1 amide bonds. The number of anilines is 1. The van der Waals surface area contributed by atoms with E-state index in [9.17, 15) is 4.79 Å². The molecule has 2 saturated carbocycles. The summed E-state index contributed by atoms with van der Waals surface area (Å²) in [4.78, 5) is 16.2. The van der Waals surface area contributed by atoms with E-state index in [-0.39, 0.29) is 11.9 Å². The fraction of sp³-hybridized carbons (Fsp3) is 0.600. The highest BCUT2D eigenvalue weighted by Gasteiger charge is 2.42. The monoisotopic (exact) mass is 259 g/mol. The minimum absolute atomic E-state index is 0.0877. The Morgan fingerprint density at radius 1 is 1.42 bits per heavy atom. The van der Waals surface area contributed by atoms with E-state index in [1.807, 2.05) is 0 Å². The Morgan fingerprint density at radius 2 is 2.26 bits per heavy atom. The summed E-state index contributed by atoms with van der Waals surface area (Å²) in [5.41, 5.74) is 6.60. The highest BCUT2D eigenvalue weighted by molar-refractivity contribution is 5.92. The predicted octanol–water partition coefficient (Wildman–Crippen LogP) is 2.22. The van der Waals surface area contributed by atoms with E-state index < -0.39 is 0 Å². The first-order chi connectivity index (χ1) is 9.13. The van der Waals surface area contributed by atoms with Crippen molar-refractivity contribution in [2.45, 2.75) is 38.6 Å². The molecule has 2 bridgehead atoms. The zero-order valence-corrected chi connectivity index (χ0v) is 11.3. The van der Waals surface area contributed by atoms with E-state index in [0.717, 1.165) is 11.8 Å². The molecule has 1 heterocycles. The van der Waals surface area contributed by atoms with Gasteiger partial charge in [0.1, 0.15) is 5.69 Å². The number of pyridine rings is 1. The van der Waals surface area contributed by atoms with Crippen molar-refractivity contribution in [3.63, 3.8) is 0 Å². The van der Waals surface area contributed by atoms with Gasteiger partial charge in [-0.25, -0.2) is 4.98 Å². The van der Waals surface area contributed by atoms with Crippen LogP contribution in [0.25, 0.3) is 0 Å². The van der Waals surface area contributed by atoms with Gasteiger partial charge in [-0.3, -0.25) is 4.79 Å². The zero-order valence-electron chi connectivity index (χ0n) is 11.3. The molecule has 3 rings (SSSR count). The van der Waals surface area contributed by atoms with Gasteiger partial charge in [0.05, 0.1) is 11.9 Å². The SMILES string of the molecule is CC(NC(=O)c1ccc(N)cn1)C1CC2CCC1C2. The topological polar surface area (TPSA) is 68.0 Å². The van der Waals surface area contributed by atoms with Crippen molar-refractivity contribution in [3.05, 3.63) is 24.0 Å². The number of hydrogen-bond donors (Lipinski definition) is 2. The van der Waals surface area contributed by atoms with Gasteiger partial charge in [0.25, 0.3) is 5.91 Å². The molecule has 2 aliphatic rings. The van der Waals surface area contributed by atoms with Crippen LogP contribution in [-0.2, 0) is 0 Å². The van der Waals surface area contributed by atoms with E-state index in [1.54, 1.807) is 12.1 Å². The molecule has 0 aromatic carbocycles. The van der Waals surface area contributed by atoms with Crippen molar-refractivity contribution in [2.24, 2.45) is 17.8 Å². The smallest absolute Gasteiger partial charge is 0.270 e. The molecule has 2 fully saturated rings. The molecule has 2 aliphatic carbocycles. The maximum Gasteiger partial charge on any atom is 0.270 e. The first-order valence-corrected chi connectivity index (χ1v) is 7.16. The fourth-order valence-corrected chi connectivity index (χ4v) is 3.83. The van der Waals surface area contributed by atoms with Crippen LogP contribution in [0.2, 0.25) is 0 Å². The molecule has 4 nitrogen and oxygen atoms in total. The molecule has 4 atom stereocenters. The van der Waals surface area contributed by atoms with Gasteiger partial charge in [0, 0.05) is 6.04 Å². The molecule has 102 valence electrons. The molecule has 0 spiro atoms. The molecule has 4 heteroatoms. The van der Waals surface area contributed by atoms with Gasteiger partial charge in [-0.15, -0.1) is 0 Å². The molecule has 0 saturated heterocycles. The lowest BCUT2D eigenvalue weighted by molar-refractivity contribution is 0.0910. The van der Waals surface area contributed by atoms with Crippen molar-refractivity contribution < 1.29 is 4.79 Å². The third kappa shape index (κ3) is 2.44. The summed E-state index contributed by atoms with van der Waals surface area (Å²) < 4.78 is 0. The second kappa shape index (κ2) is 4.83. The molecule has 1 aromatic rings. The van der Waals surface area contributed by atoms with Gasteiger partial charge in [-0.1, -0.05) is 6.42 Å². The van der Waals surface area contributed by atoms with Crippen LogP contribution in [0.15, 0.2) is 18.3 Å². The zero-order chi connectivity index (χ0) is 13.4.